The Morgan fingerprint density at radius 3 is 1.00 bits per heavy atom. The molecule has 0 aliphatic rings. The molecule has 3 N–H and O–H groups in total. The first-order valence-electron chi connectivity index (χ1n) is 26.5. The van der Waals surface area contributed by atoms with Crippen molar-refractivity contribution in [3.05, 3.63) is 0 Å². The zero-order chi connectivity index (χ0) is 44.6. The van der Waals surface area contributed by atoms with E-state index >= 15 is 0 Å². The van der Waals surface area contributed by atoms with Crippen molar-refractivity contribution in [3.8, 4) is 0 Å². The number of esters is 2. The van der Waals surface area contributed by atoms with Gasteiger partial charge in [-0.15, -0.1) is 0 Å². The van der Waals surface area contributed by atoms with Crippen molar-refractivity contribution in [2.75, 3.05) is 26.4 Å². The summed E-state index contributed by atoms with van der Waals surface area (Å²) < 4.78 is 32.9. The van der Waals surface area contributed by atoms with Crippen molar-refractivity contribution >= 4 is 19.8 Å². The van der Waals surface area contributed by atoms with Gasteiger partial charge in [-0.3, -0.25) is 18.6 Å². The molecule has 2 unspecified atom stereocenters. The topological polar surface area (TPSA) is 134 Å². The number of hydrogen-bond donors (Lipinski definition) is 2. The van der Waals surface area contributed by atoms with Crippen LogP contribution in [0.2, 0.25) is 0 Å². The van der Waals surface area contributed by atoms with Gasteiger partial charge in [0.25, 0.3) is 0 Å². The minimum absolute atomic E-state index is 0.0582. The number of unbranched alkanes of at least 4 members (excludes halogenated alkanes) is 38. The van der Waals surface area contributed by atoms with Crippen molar-refractivity contribution in [1.29, 1.82) is 0 Å². The van der Waals surface area contributed by atoms with E-state index in [1.807, 2.05) is 0 Å². The number of nitrogens with two attached hydrogens (primary N) is 1. The molecular weight excluding hydrogens is 786 g/mol. The number of rotatable bonds is 51. The van der Waals surface area contributed by atoms with E-state index < -0.39 is 26.5 Å². The van der Waals surface area contributed by atoms with Crippen LogP contribution in [0, 0.1) is 0 Å². The molecule has 0 fully saturated rings. The molecule has 9 nitrogen and oxygen atoms in total. The normalized spacial score (nSPS) is 13.0. The largest absolute Gasteiger partial charge is 0.472 e. The van der Waals surface area contributed by atoms with E-state index in [0.29, 0.717) is 6.42 Å². The molecule has 0 aromatic rings. The fourth-order valence-electron chi connectivity index (χ4n) is 8.05. The molecule has 2 atom stereocenters. The molecular formula is C51H102NO8P. The number of hydrogen-bond acceptors (Lipinski definition) is 8. The number of carbonyl (C=O) groups is 2. The zero-order valence-electron chi connectivity index (χ0n) is 40.4. The highest BCUT2D eigenvalue weighted by Crippen LogP contribution is 2.43. The van der Waals surface area contributed by atoms with Crippen LogP contribution in [0.1, 0.15) is 284 Å². The summed E-state index contributed by atoms with van der Waals surface area (Å²) in [5.74, 6) is -0.810. The van der Waals surface area contributed by atoms with Crippen molar-refractivity contribution in [3.63, 3.8) is 0 Å². The van der Waals surface area contributed by atoms with Gasteiger partial charge in [0.15, 0.2) is 6.10 Å². The van der Waals surface area contributed by atoms with Gasteiger partial charge >= 0.3 is 19.8 Å². The third-order valence-corrected chi connectivity index (χ3v) is 13.0. The quantitative estimate of drug-likeness (QED) is 0.0348. The highest BCUT2D eigenvalue weighted by atomic mass is 31.2. The van der Waals surface area contributed by atoms with E-state index in [1.54, 1.807) is 0 Å². The van der Waals surface area contributed by atoms with Gasteiger partial charge in [0.2, 0.25) is 0 Å². The second-order valence-electron chi connectivity index (χ2n) is 18.1. The van der Waals surface area contributed by atoms with Gasteiger partial charge < -0.3 is 20.1 Å². The van der Waals surface area contributed by atoms with Gasteiger partial charge in [-0.1, -0.05) is 258 Å². The van der Waals surface area contributed by atoms with E-state index in [-0.39, 0.29) is 38.6 Å². The third-order valence-electron chi connectivity index (χ3n) is 12.0. The Morgan fingerprint density at radius 1 is 0.426 bits per heavy atom. The van der Waals surface area contributed by atoms with Crippen LogP contribution in [0.3, 0.4) is 0 Å². The van der Waals surface area contributed by atoms with Crippen molar-refractivity contribution < 1.29 is 37.6 Å². The van der Waals surface area contributed by atoms with Crippen LogP contribution in [0.15, 0.2) is 0 Å². The van der Waals surface area contributed by atoms with Gasteiger partial charge in [-0.2, -0.15) is 0 Å². The van der Waals surface area contributed by atoms with Gasteiger partial charge in [0.1, 0.15) is 6.61 Å². The van der Waals surface area contributed by atoms with E-state index in [0.717, 1.165) is 32.1 Å². The number of phosphoric acid groups is 1. The Hall–Kier alpha value is -0.990. The lowest BCUT2D eigenvalue weighted by Crippen LogP contribution is -2.29. The minimum atomic E-state index is -4.37. The van der Waals surface area contributed by atoms with Crippen molar-refractivity contribution in [1.82, 2.24) is 0 Å². The second-order valence-corrected chi connectivity index (χ2v) is 19.6. The van der Waals surface area contributed by atoms with E-state index in [9.17, 15) is 19.0 Å². The lowest BCUT2D eigenvalue weighted by molar-refractivity contribution is -0.161. The summed E-state index contributed by atoms with van der Waals surface area (Å²) in [4.78, 5) is 34.9. The molecule has 0 aromatic heterocycles. The Bertz CT molecular complexity index is 969. The second kappa shape index (κ2) is 48.5. The van der Waals surface area contributed by atoms with Crippen molar-refractivity contribution in [2.45, 2.75) is 290 Å². The highest BCUT2D eigenvalue weighted by molar-refractivity contribution is 7.47. The fourth-order valence-corrected chi connectivity index (χ4v) is 8.82. The van der Waals surface area contributed by atoms with E-state index in [4.69, 9.17) is 24.3 Å². The predicted octanol–water partition coefficient (Wildman–Crippen LogP) is 16.0. The van der Waals surface area contributed by atoms with Gasteiger partial charge in [0.05, 0.1) is 13.2 Å². The summed E-state index contributed by atoms with van der Waals surface area (Å²) in [6.45, 7) is 3.78. The molecule has 0 spiro atoms. The summed E-state index contributed by atoms with van der Waals surface area (Å²) >= 11 is 0. The average molecular weight is 888 g/mol. The minimum Gasteiger partial charge on any atom is -0.462 e. The lowest BCUT2D eigenvalue weighted by atomic mass is 10.0. The number of phosphoric ester groups is 1. The molecule has 0 rings (SSSR count). The summed E-state index contributed by atoms with van der Waals surface area (Å²) in [5, 5.41) is 0. The number of ether oxygens (including phenoxy) is 2. The highest BCUT2D eigenvalue weighted by Gasteiger charge is 2.26. The summed E-state index contributed by atoms with van der Waals surface area (Å²) in [7, 11) is -4.37. The molecule has 0 radical (unpaired) electrons. The molecule has 364 valence electrons. The van der Waals surface area contributed by atoms with Crippen LogP contribution in [0.25, 0.3) is 0 Å². The molecule has 0 aliphatic carbocycles. The summed E-state index contributed by atoms with van der Waals surface area (Å²) in [5.41, 5.74) is 5.36. The Morgan fingerprint density at radius 2 is 0.705 bits per heavy atom. The molecule has 0 heterocycles. The van der Waals surface area contributed by atoms with Crippen LogP contribution in [-0.2, 0) is 32.7 Å². The molecule has 61 heavy (non-hydrogen) atoms. The van der Waals surface area contributed by atoms with Crippen LogP contribution in [0.5, 0.6) is 0 Å². The molecule has 0 bridgehead atoms. The Labute approximate surface area is 377 Å². The Kier molecular flexibility index (Phi) is 47.7. The van der Waals surface area contributed by atoms with Gasteiger partial charge in [0, 0.05) is 19.4 Å². The lowest BCUT2D eigenvalue weighted by Gasteiger charge is -2.19. The van der Waals surface area contributed by atoms with Crippen LogP contribution >= 0.6 is 7.82 Å². The maximum Gasteiger partial charge on any atom is 0.472 e. The zero-order valence-corrected chi connectivity index (χ0v) is 41.3. The first-order chi connectivity index (χ1) is 29.8. The summed E-state index contributed by atoms with van der Waals surface area (Å²) in [6, 6.07) is 0. The molecule has 10 heteroatoms. The fraction of sp³-hybridized carbons (Fsp3) is 0.961. The van der Waals surface area contributed by atoms with Crippen LogP contribution in [-0.4, -0.2) is 49.3 Å². The third kappa shape index (κ3) is 48.3. The maximum atomic E-state index is 12.6. The number of carbonyl (C=O) groups excluding carboxylic acids is 2. The average Bonchev–Trinajstić information content (AvgIpc) is 3.25. The van der Waals surface area contributed by atoms with Crippen molar-refractivity contribution in [2.24, 2.45) is 5.73 Å². The van der Waals surface area contributed by atoms with Crippen LogP contribution in [0.4, 0.5) is 0 Å². The maximum absolute atomic E-state index is 12.6. The van der Waals surface area contributed by atoms with E-state index in [1.165, 1.54) is 218 Å². The molecule has 0 saturated carbocycles. The predicted molar refractivity (Wildman–Crippen MR) is 257 cm³/mol. The smallest absolute Gasteiger partial charge is 0.462 e. The molecule has 0 aromatic carbocycles. The van der Waals surface area contributed by atoms with Gasteiger partial charge in [-0.25, -0.2) is 4.57 Å². The standard InChI is InChI=1S/C51H102NO8P/c1-3-5-7-9-11-13-15-16-17-18-19-20-21-22-23-24-25-26-27-28-29-30-31-32-34-36-38-40-42-44-51(54)60-49(48-59-61(55,56)58-46-45-52)47-57-50(53)43-41-39-37-35-33-14-12-10-8-6-4-2/h49H,3-48,52H2,1-2H3,(H,55,56). The first-order valence-corrected chi connectivity index (χ1v) is 28.0. The molecule has 0 saturated heterocycles. The summed E-state index contributed by atoms with van der Waals surface area (Å²) in [6.07, 6.45) is 51.7. The Balaban J connectivity index is 3.83. The SMILES string of the molecule is CCCCCCCCCCCCCCCCCCCCCCCCCCCCCCCC(=O)OC(COC(=O)CCCCCCCCCCCCC)COP(=O)(O)OCCN. The monoisotopic (exact) mass is 888 g/mol. The van der Waals surface area contributed by atoms with Crippen LogP contribution < -0.4 is 5.73 Å². The molecule has 0 amide bonds. The first kappa shape index (κ1) is 60.0. The molecule has 0 aliphatic heterocycles. The van der Waals surface area contributed by atoms with Gasteiger partial charge in [-0.05, 0) is 12.8 Å². The van der Waals surface area contributed by atoms with E-state index in [2.05, 4.69) is 13.8 Å².